The molecule has 29 heavy (non-hydrogen) atoms. The summed E-state index contributed by atoms with van der Waals surface area (Å²) in [5, 5.41) is 1.43. The summed E-state index contributed by atoms with van der Waals surface area (Å²) in [6.45, 7) is 10.1. The second-order valence-corrected chi connectivity index (χ2v) is 8.30. The van der Waals surface area contributed by atoms with Crippen LogP contribution < -0.4 is 0 Å². The van der Waals surface area contributed by atoms with E-state index in [1.165, 1.54) is 9.96 Å². The lowest BCUT2D eigenvalue weighted by molar-refractivity contribution is -0.185. The molecule has 1 fully saturated rings. The van der Waals surface area contributed by atoms with E-state index >= 15 is 0 Å². The van der Waals surface area contributed by atoms with E-state index in [1.807, 2.05) is 33.8 Å². The number of likely N-dealkylation sites (N-methyl/N-ethyl adjacent to an activating group) is 1. The van der Waals surface area contributed by atoms with Gasteiger partial charge in [0.2, 0.25) is 5.91 Å². The molecule has 0 N–H and O–H groups in total. The molecule has 0 radical (unpaired) electrons. The Kier molecular flexibility index (Phi) is 7.24. The van der Waals surface area contributed by atoms with Gasteiger partial charge in [0.1, 0.15) is 11.6 Å². The molecule has 160 valence electrons. The van der Waals surface area contributed by atoms with Crippen LogP contribution in [0.4, 0.5) is 4.79 Å². The molecule has 2 amide bonds. The van der Waals surface area contributed by atoms with E-state index in [1.54, 1.807) is 43.1 Å². The number of rotatable bonds is 5. The fraction of sp³-hybridized carbons (Fsp3) is 0.571. The minimum atomic E-state index is -0.606. The molecule has 0 unspecified atom stereocenters. The molecule has 1 aromatic rings. The van der Waals surface area contributed by atoms with E-state index in [2.05, 4.69) is 0 Å². The molecule has 1 aromatic carbocycles. The second kappa shape index (κ2) is 9.26. The topological polar surface area (TPSA) is 79.4 Å². The van der Waals surface area contributed by atoms with Crippen LogP contribution in [-0.4, -0.2) is 77.2 Å². The van der Waals surface area contributed by atoms with Crippen molar-refractivity contribution in [2.24, 2.45) is 0 Å². The maximum absolute atomic E-state index is 12.8. The van der Waals surface area contributed by atoms with E-state index in [0.29, 0.717) is 25.2 Å². The van der Waals surface area contributed by atoms with E-state index in [-0.39, 0.29) is 11.9 Å². The van der Waals surface area contributed by atoms with Crippen molar-refractivity contribution in [1.29, 1.82) is 0 Å². The lowest BCUT2D eigenvalue weighted by Crippen LogP contribution is -2.61. The number of hydrogen-bond donors (Lipinski definition) is 0. The first-order valence-electron chi connectivity index (χ1n) is 9.78. The third-order valence-electron chi connectivity index (χ3n) is 4.64. The van der Waals surface area contributed by atoms with Crippen LogP contribution >= 0.6 is 0 Å². The lowest BCUT2D eigenvalue weighted by atomic mass is 10.1. The van der Waals surface area contributed by atoms with Crippen molar-refractivity contribution in [3.05, 3.63) is 35.9 Å². The predicted molar refractivity (Wildman–Crippen MR) is 108 cm³/mol. The van der Waals surface area contributed by atoms with E-state index in [4.69, 9.17) is 9.57 Å². The zero-order chi connectivity index (χ0) is 21.8. The summed E-state index contributed by atoms with van der Waals surface area (Å²) in [6.07, 6.45) is -0.430. The van der Waals surface area contributed by atoms with Crippen LogP contribution in [0.2, 0.25) is 0 Å². The van der Waals surface area contributed by atoms with Crippen molar-refractivity contribution in [1.82, 2.24) is 14.9 Å². The summed E-state index contributed by atoms with van der Waals surface area (Å²) >= 11 is 0. The van der Waals surface area contributed by atoms with Crippen LogP contribution in [0.5, 0.6) is 0 Å². The molecule has 0 aliphatic carbocycles. The Hall–Kier alpha value is -2.61. The van der Waals surface area contributed by atoms with Crippen molar-refractivity contribution in [2.45, 2.75) is 52.3 Å². The summed E-state index contributed by atoms with van der Waals surface area (Å²) in [5.41, 5.74) is -0.141. The van der Waals surface area contributed by atoms with Crippen LogP contribution in [0.3, 0.4) is 0 Å². The average Bonchev–Trinajstić information content (AvgIpc) is 2.64. The number of carbonyl (C=O) groups excluding carboxylic acids is 3. The molecule has 0 saturated carbocycles. The zero-order valence-electron chi connectivity index (χ0n) is 18.0. The van der Waals surface area contributed by atoms with Gasteiger partial charge in [0.05, 0.1) is 12.1 Å². The van der Waals surface area contributed by atoms with Gasteiger partial charge in [-0.2, -0.15) is 0 Å². The van der Waals surface area contributed by atoms with E-state index < -0.39 is 23.7 Å². The first-order chi connectivity index (χ1) is 13.5. The van der Waals surface area contributed by atoms with Crippen molar-refractivity contribution in [3.63, 3.8) is 0 Å². The average molecular weight is 405 g/mol. The summed E-state index contributed by atoms with van der Waals surface area (Å²) < 4.78 is 5.33. The Balaban J connectivity index is 1.93. The van der Waals surface area contributed by atoms with Crippen molar-refractivity contribution in [3.8, 4) is 0 Å². The SMILES string of the molecule is C[C@@H]1C(=O)N(CCN(C)C(=O)OC(C)(C)C)[C@H](C)CN1OC(=O)c1ccccc1. The van der Waals surface area contributed by atoms with Gasteiger partial charge in [0.15, 0.2) is 0 Å². The maximum Gasteiger partial charge on any atom is 0.410 e. The fourth-order valence-corrected chi connectivity index (χ4v) is 2.97. The molecule has 0 spiro atoms. The van der Waals surface area contributed by atoms with Gasteiger partial charge in [-0.3, -0.25) is 4.79 Å². The highest BCUT2D eigenvalue weighted by atomic mass is 16.7. The molecule has 0 aromatic heterocycles. The molecule has 2 atom stereocenters. The smallest absolute Gasteiger partial charge is 0.410 e. The van der Waals surface area contributed by atoms with Gasteiger partial charge in [-0.25, -0.2) is 9.59 Å². The molecule has 1 saturated heterocycles. The van der Waals surface area contributed by atoms with E-state index in [9.17, 15) is 14.4 Å². The first-order valence-corrected chi connectivity index (χ1v) is 9.78. The fourth-order valence-electron chi connectivity index (χ4n) is 2.97. The first kappa shape index (κ1) is 22.7. The highest BCUT2D eigenvalue weighted by Crippen LogP contribution is 2.18. The number of amides is 2. The van der Waals surface area contributed by atoms with Crippen LogP contribution in [-0.2, 0) is 14.4 Å². The molecule has 1 aliphatic rings. The molecular formula is C21H31N3O5. The number of ether oxygens (including phenoxy) is 1. The number of piperazine rings is 1. The number of benzene rings is 1. The quantitative estimate of drug-likeness (QED) is 0.749. The van der Waals surface area contributed by atoms with Gasteiger partial charge in [-0.1, -0.05) is 18.2 Å². The van der Waals surface area contributed by atoms with Gasteiger partial charge >= 0.3 is 12.1 Å². The minimum absolute atomic E-state index is 0.151. The Morgan fingerprint density at radius 3 is 2.38 bits per heavy atom. The maximum atomic E-state index is 12.8. The van der Waals surface area contributed by atoms with Gasteiger partial charge < -0.3 is 19.4 Å². The predicted octanol–water partition coefficient (Wildman–Crippen LogP) is 2.55. The summed E-state index contributed by atoms with van der Waals surface area (Å²) in [7, 11) is 1.64. The molecule has 2 rings (SSSR count). The van der Waals surface area contributed by atoms with Crippen molar-refractivity contribution < 1.29 is 24.0 Å². The largest absolute Gasteiger partial charge is 0.444 e. The van der Waals surface area contributed by atoms with Crippen LogP contribution in [0.1, 0.15) is 45.0 Å². The van der Waals surface area contributed by atoms with Gasteiger partial charge in [0, 0.05) is 26.2 Å². The molecule has 1 aliphatic heterocycles. The van der Waals surface area contributed by atoms with Crippen molar-refractivity contribution >= 4 is 18.0 Å². The normalized spacial score (nSPS) is 20.3. The van der Waals surface area contributed by atoms with Crippen LogP contribution in [0.25, 0.3) is 0 Å². The molecule has 1 heterocycles. The van der Waals surface area contributed by atoms with E-state index in [0.717, 1.165) is 0 Å². The number of hydroxylamine groups is 2. The summed E-state index contributed by atoms with van der Waals surface area (Å²) in [4.78, 5) is 45.9. The Labute approximate surface area is 172 Å². The number of carbonyl (C=O) groups is 3. The van der Waals surface area contributed by atoms with Gasteiger partial charge in [0.25, 0.3) is 0 Å². The molecule has 0 bridgehead atoms. The van der Waals surface area contributed by atoms with Gasteiger partial charge in [-0.05, 0) is 46.8 Å². The van der Waals surface area contributed by atoms with Gasteiger partial charge in [-0.15, -0.1) is 5.06 Å². The molecular weight excluding hydrogens is 374 g/mol. The summed E-state index contributed by atoms with van der Waals surface area (Å²) in [6, 6.07) is 7.89. The Morgan fingerprint density at radius 2 is 1.79 bits per heavy atom. The number of nitrogens with zero attached hydrogens (tertiary/aromatic N) is 3. The number of hydrogen-bond acceptors (Lipinski definition) is 6. The summed E-state index contributed by atoms with van der Waals surface area (Å²) in [5.74, 6) is -0.641. The monoisotopic (exact) mass is 405 g/mol. The third kappa shape index (κ3) is 6.19. The zero-order valence-corrected chi connectivity index (χ0v) is 18.0. The standard InChI is InChI=1S/C21H31N3O5/c1-15-14-24(29-19(26)17-10-8-7-9-11-17)16(2)18(25)23(15)13-12-22(6)20(27)28-21(3,4)5/h7-11,15-16H,12-14H2,1-6H3/t15-,16-/m1/s1. The lowest BCUT2D eigenvalue weighted by Gasteiger charge is -2.42. The van der Waals surface area contributed by atoms with Crippen molar-refractivity contribution in [2.75, 3.05) is 26.7 Å². The van der Waals surface area contributed by atoms with Crippen LogP contribution in [0.15, 0.2) is 30.3 Å². The third-order valence-corrected chi connectivity index (χ3v) is 4.64. The second-order valence-electron chi connectivity index (χ2n) is 8.30. The highest BCUT2D eigenvalue weighted by molar-refractivity contribution is 5.89. The molecule has 8 nitrogen and oxygen atoms in total. The Morgan fingerprint density at radius 1 is 1.17 bits per heavy atom. The minimum Gasteiger partial charge on any atom is -0.444 e. The molecule has 8 heteroatoms. The van der Waals surface area contributed by atoms with Crippen LogP contribution in [0, 0.1) is 0 Å². The Bertz CT molecular complexity index is 732. The highest BCUT2D eigenvalue weighted by Gasteiger charge is 2.38.